The molecule has 1 saturated heterocycles. The van der Waals surface area contributed by atoms with Gasteiger partial charge in [0.05, 0.1) is 13.1 Å². The fourth-order valence-electron chi connectivity index (χ4n) is 2.20. The zero-order valence-electron chi connectivity index (χ0n) is 11.1. The number of nitrogens with zero attached hydrogens (tertiary/aromatic N) is 2. The quantitative estimate of drug-likeness (QED) is 0.852. The number of nitrogens with two attached hydrogens (primary N) is 1. The summed E-state index contributed by atoms with van der Waals surface area (Å²) in [6, 6.07) is 9.35. The second kappa shape index (κ2) is 5.84. The lowest BCUT2D eigenvalue weighted by Gasteiger charge is -2.34. The Morgan fingerprint density at radius 2 is 1.68 bits per heavy atom. The molecule has 2 N–H and O–H groups in total. The van der Waals surface area contributed by atoms with E-state index in [1.165, 1.54) is 0 Å². The average Bonchev–Trinajstić information content (AvgIpc) is 2.43. The molecule has 5 nitrogen and oxygen atoms in total. The van der Waals surface area contributed by atoms with Gasteiger partial charge in [-0.05, 0) is 12.5 Å². The van der Waals surface area contributed by atoms with Crippen molar-refractivity contribution in [2.75, 3.05) is 26.2 Å². The molecule has 1 heterocycles. The van der Waals surface area contributed by atoms with Crippen molar-refractivity contribution in [1.29, 1.82) is 0 Å². The summed E-state index contributed by atoms with van der Waals surface area (Å²) in [7, 11) is 0. The molecule has 0 bridgehead atoms. The predicted molar refractivity (Wildman–Crippen MR) is 72.2 cm³/mol. The topological polar surface area (TPSA) is 66.6 Å². The van der Waals surface area contributed by atoms with Crippen molar-refractivity contribution in [3.8, 4) is 0 Å². The van der Waals surface area contributed by atoms with Crippen LogP contribution in [0.15, 0.2) is 30.3 Å². The molecule has 5 heteroatoms. The van der Waals surface area contributed by atoms with Gasteiger partial charge in [0, 0.05) is 19.1 Å². The van der Waals surface area contributed by atoms with Crippen molar-refractivity contribution in [1.82, 2.24) is 9.80 Å². The molecule has 19 heavy (non-hydrogen) atoms. The Labute approximate surface area is 113 Å². The van der Waals surface area contributed by atoms with E-state index in [4.69, 9.17) is 5.73 Å². The molecule has 0 aliphatic carbocycles. The minimum absolute atomic E-state index is 0.0117. The van der Waals surface area contributed by atoms with Gasteiger partial charge in [0.15, 0.2) is 0 Å². The maximum absolute atomic E-state index is 12.0. The van der Waals surface area contributed by atoms with Crippen LogP contribution in [0.3, 0.4) is 0 Å². The lowest BCUT2D eigenvalue weighted by atomic mass is 10.1. The molecule has 1 aromatic rings. The highest BCUT2D eigenvalue weighted by atomic mass is 16.2. The zero-order valence-corrected chi connectivity index (χ0v) is 11.1. The highest BCUT2D eigenvalue weighted by molar-refractivity contribution is 5.92. The van der Waals surface area contributed by atoms with E-state index in [9.17, 15) is 9.59 Å². The van der Waals surface area contributed by atoms with E-state index in [0.717, 1.165) is 5.56 Å². The molecule has 2 amide bonds. The Morgan fingerprint density at radius 1 is 1.11 bits per heavy atom. The highest BCUT2D eigenvalue weighted by Crippen LogP contribution is 2.13. The summed E-state index contributed by atoms with van der Waals surface area (Å²) in [5.74, 6) is -0.0461. The SMILES string of the molecule is CCN1CC(=O)N(CC(N)c2ccccc2)CC1=O. The van der Waals surface area contributed by atoms with Gasteiger partial charge in [0.1, 0.15) is 0 Å². The van der Waals surface area contributed by atoms with Crippen molar-refractivity contribution in [2.24, 2.45) is 5.73 Å². The molecule has 0 saturated carbocycles. The molecular formula is C14H19N3O2. The first kappa shape index (κ1) is 13.5. The van der Waals surface area contributed by atoms with Crippen LogP contribution in [0.5, 0.6) is 0 Å². The number of amides is 2. The first-order valence-electron chi connectivity index (χ1n) is 6.48. The largest absolute Gasteiger partial charge is 0.332 e. The molecule has 1 unspecified atom stereocenters. The van der Waals surface area contributed by atoms with E-state index in [0.29, 0.717) is 13.1 Å². The Hall–Kier alpha value is -1.88. The molecule has 1 fully saturated rings. The summed E-state index contributed by atoms with van der Waals surface area (Å²) in [5.41, 5.74) is 7.05. The number of likely N-dealkylation sites (N-methyl/N-ethyl adjacent to an activating group) is 1. The van der Waals surface area contributed by atoms with E-state index in [1.807, 2.05) is 37.3 Å². The highest BCUT2D eigenvalue weighted by Gasteiger charge is 2.29. The van der Waals surface area contributed by atoms with Gasteiger partial charge >= 0.3 is 0 Å². The van der Waals surface area contributed by atoms with E-state index in [1.54, 1.807) is 9.80 Å². The molecule has 2 rings (SSSR count). The smallest absolute Gasteiger partial charge is 0.242 e. The van der Waals surface area contributed by atoms with Crippen LogP contribution in [0, 0.1) is 0 Å². The van der Waals surface area contributed by atoms with E-state index in [-0.39, 0.29) is 30.9 Å². The van der Waals surface area contributed by atoms with Crippen LogP contribution in [0.25, 0.3) is 0 Å². The third-order valence-corrected chi connectivity index (χ3v) is 3.38. The first-order chi connectivity index (χ1) is 9.11. The molecular weight excluding hydrogens is 242 g/mol. The summed E-state index contributed by atoms with van der Waals surface area (Å²) in [6.45, 7) is 3.12. The van der Waals surface area contributed by atoms with Crippen LogP contribution in [0.2, 0.25) is 0 Å². The number of hydrogen-bond acceptors (Lipinski definition) is 3. The zero-order chi connectivity index (χ0) is 13.8. The van der Waals surface area contributed by atoms with Crippen molar-refractivity contribution in [3.63, 3.8) is 0 Å². The summed E-state index contributed by atoms with van der Waals surface area (Å²) >= 11 is 0. The molecule has 1 atom stereocenters. The van der Waals surface area contributed by atoms with Gasteiger partial charge < -0.3 is 15.5 Å². The minimum atomic E-state index is -0.258. The fourth-order valence-corrected chi connectivity index (χ4v) is 2.20. The minimum Gasteiger partial charge on any atom is -0.332 e. The second-order valence-electron chi connectivity index (χ2n) is 4.70. The monoisotopic (exact) mass is 261 g/mol. The number of carbonyl (C=O) groups is 2. The van der Waals surface area contributed by atoms with Gasteiger partial charge in [-0.15, -0.1) is 0 Å². The third-order valence-electron chi connectivity index (χ3n) is 3.38. The lowest BCUT2D eigenvalue weighted by molar-refractivity contribution is -0.150. The normalized spacial score (nSPS) is 17.8. The number of benzene rings is 1. The summed E-state index contributed by atoms with van der Waals surface area (Å²) in [4.78, 5) is 26.9. The van der Waals surface area contributed by atoms with E-state index >= 15 is 0 Å². The summed E-state index contributed by atoms with van der Waals surface area (Å²) < 4.78 is 0. The van der Waals surface area contributed by atoms with Crippen LogP contribution in [-0.2, 0) is 9.59 Å². The molecule has 1 aliphatic heterocycles. The molecule has 1 aromatic carbocycles. The van der Waals surface area contributed by atoms with Crippen LogP contribution < -0.4 is 5.73 Å². The number of rotatable bonds is 4. The lowest BCUT2D eigenvalue weighted by Crippen LogP contribution is -2.54. The van der Waals surface area contributed by atoms with Gasteiger partial charge in [-0.25, -0.2) is 0 Å². The van der Waals surface area contributed by atoms with E-state index < -0.39 is 0 Å². The number of carbonyl (C=O) groups excluding carboxylic acids is 2. The predicted octanol–water partition coefficient (Wildman–Crippen LogP) is 0.377. The van der Waals surface area contributed by atoms with Gasteiger partial charge in [0.25, 0.3) is 0 Å². The van der Waals surface area contributed by atoms with Crippen LogP contribution in [0.1, 0.15) is 18.5 Å². The average molecular weight is 261 g/mol. The molecule has 0 spiro atoms. The van der Waals surface area contributed by atoms with Crippen molar-refractivity contribution in [2.45, 2.75) is 13.0 Å². The van der Waals surface area contributed by atoms with Gasteiger partial charge in [-0.2, -0.15) is 0 Å². The second-order valence-corrected chi connectivity index (χ2v) is 4.70. The van der Waals surface area contributed by atoms with Crippen molar-refractivity contribution < 1.29 is 9.59 Å². The maximum Gasteiger partial charge on any atom is 0.242 e. The number of piperazine rings is 1. The Morgan fingerprint density at radius 3 is 2.32 bits per heavy atom. The Balaban J connectivity index is 2.00. The summed E-state index contributed by atoms with van der Waals surface area (Å²) in [5, 5.41) is 0. The van der Waals surface area contributed by atoms with Gasteiger partial charge in [0.2, 0.25) is 11.8 Å². The van der Waals surface area contributed by atoms with Crippen LogP contribution >= 0.6 is 0 Å². The number of hydrogen-bond donors (Lipinski definition) is 1. The van der Waals surface area contributed by atoms with Crippen LogP contribution in [-0.4, -0.2) is 47.8 Å². The Bertz CT molecular complexity index is 461. The third kappa shape index (κ3) is 3.12. The van der Waals surface area contributed by atoms with E-state index in [2.05, 4.69) is 0 Å². The van der Waals surface area contributed by atoms with Crippen LogP contribution in [0.4, 0.5) is 0 Å². The van der Waals surface area contributed by atoms with Gasteiger partial charge in [-0.1, -0.05) is 30.3 Å². The van der Waals surface area contributed by atoms with Gasteiger partial charge in [-0.3, -0.25) is 9.59 Å². The first-order valence-corrected chi connectivity index (χ1v) is 6.48. The fraction of sp³-hybridized carbons (Fsp3) is 0.429. The summed E-state index contributed by atoms with van der Waals surface area (Å²) in [6.07, 6.45) is 0. The molecule has 0 radical (unpaired) electrons. The molecule has 102 valence electrons. The van der Waals surface area contributed by atoms with Crippen molar-refractivity contribution in [3.05, 3.63) is 35.9 Å². The standard InChI is InChI=1S/C14H19N3O2/c1-2-16-9-14(19)17(10-13(16)18)8-12(15)11-6-4-3-5-7-11/h3-7,12H,2,8-10,15H2,1H3. The molecule has 0 aromatic heterocycles. The molecule has 1 aliphatic rings. The van der Waals surface area contributed by atoms with Crippen molar-refractivity contribution >= 4 is 11.8 Å². The maximum atomic E-state index is 12.0. The Kier molecular flexibility index (Phi) is 4.16.